The number of rotatable bonds is 6. The standard InChI is InChI=1S/C16H21NO3S/c1-12-9-17(10-14(12)16(19)20)15(18)11-21-8-7-13-5-3-2-4-6-13/h2-6,12,14H,7-11H2,1H3,(H,19,20). The summed E-state index contributed by atoms with van der Waals surface area (Å²) in [6.45, 7) is 2.82. The summed E-state index contributed by atoms with van der Waals surface area (Å²) in [4.78, 5) is 24.8. The lowest BCUT2D eigenvalue weighted by Gasteiger charge is -2.15. The number of thioether (sulfide) groups is 1. The van der Waals surface area contributed by atoms with Gasteiger partial charge < -0.3 is 10.0 Å². The molecule has 0 radical (unpaired) electrons. The van der Waals surface area contributed by atoms with Gasteiger partial charge in [0.2, 0.25) is 5.91 Å². The number of hydrogen-bond acceptors (Lipinski definition) is 3. The second kappa shape index (κ2) is 7.50. The Labute approximate surface area is 129 Å². The molecule has 0 spiro atoms. The number of aryl methyl sites for hydroxylation is 1. The van der Waals surface area contributed by atoms with Crippen molar-refractivity contribution < 1.29 is 14.7 Å². The minimum absolute atomic E-state index is 0.0424. The van der Waals surface area contributed by atoms with Crippen molar-refractivity contribution in [1.82, 2.24) is 4.90 Å². The van der Waals surface area contributed by atoms with Crippen LogP contribution in [0, 0.1) is 11.8 Å². The Morgan fingerprint density at radius 3 is 2.62 bits per heavy atom. The first-order valence-corrected chi connectivity index (χ1v) is 8.35. The van der Waals surface area contributed by atoms with E-state index in [2.05, 4.69) is 12.1 Å². The first-order chi connectivity index (χ1) is 10.1. The Bertz CT molecular complexity index is 492. The average Bonchev–Trinajstić information content (AvgIpc) is 2.87. The van der Waals surface area contributed by atoms with Gasteiger partial charge in [-0.2, -0.15) is 11.8 Å². The number of carboxylic acid groups (broad SMARTS) is 1. The number of nitrogens with zero attached hydrogens (tertiary/aromatic N) is 1. The normalized spacial score (nSPS) is 21.5. The van der Waals surface area contributed by atoms with Crippen LogP contribution in [0.2, 0.25) is 0 Å². The molecule has 1 aliphatic heterocycles. The van der Waals surface area contributed by atoms with Gasteiger partial charge in [-0.1, -0.05) is 37.3 Å². The van der Waals surface area contributed by atoms with Crippen LogP contribution >= 0.6 is 11.8 Å². The largest absolute Gasteiger partial charge is 0.481 e. The molecule has 5 heteroatoms. The van der Waals surface area contributed by atoms with Crippen molar-refractivity contribution in [3.05, 3.63) is 35.9 Å². The third-order valence-electron chi connectivity index (χ3n) is 3.89. The molecule has 1 heterocycles. The zero-order chi connectivity index (χ0) is 15.2. The smallest absolute Gasteiger partial charge is 0.308 e. The summed E-state index contributed by atoms with van der Waals surface area (Å²) in [5.41, 5.74) is 1.28. The van der Waals surface area contributed by atoms with Crippen molar-refractivity contribution in [2.75, 3.05) is 24.6 Å². The van der Waals surface area contributed by atoms with E-state index < -0.39 is 11.9 Å². The first kappa shape index (κ1) is 15.9. The Balaban J connectivity index is 1.69. The van der Waals surface area contributed by atoms with Crippen LogP contribution in [0.25, 0.3) is 0 Å². The van der Waals surface area contributed by atoms with Gasteiger partial charge in [0.05, 0.1) is 11.7 Å². The number of benzene rings is 1. The molecular formula is C16H21NO3S. The summed E-state index contributed by atoms with van der Waals surface area (Å²) < 4.78 is 0. The molecule has 0 aromatic heterocycles. The van der Waals surface area contributed by atoms with Crippen molar-refractivity contribution >= 4 is 23.6 Å². The van der Waals surface area contributed by atoms with E-state index >= 15 is 0 Å². The first-order valence-electron chi connectivity index (χ1n) is 7.20. The van der Waals surface area contributed by atoms with Crippen LogP contribution in [0.3, 0.4) is 0 Å². The molecule has 1 saturated heterocycles. The molecule has 21 heavy (non-hydrogen) atoms. The van der Waals surface area contributed by atoms with Crippen LogP contribution in [0.4, 0.5) is 0 Å². The molecule has 1 aliphatic rings. The second-order valence-electron chi connectivity index (χ2n) is 5.51. The lowest BCUT2D eigenvalue weighted by molar-refractivity contribution is -0.142. The summed E-state index contributed by atoms with van der Waals surface area (Å²) in [5, 5.41) is 9.08. The van der Waals surface area contributed by atoms with Gasteiger partial charge in [-0.25, -0.2) is 0 Å². The summed E-state index contributed by atoms with van der Waals surface area (Å²) >= 11 is 1.62. The minimum Gasteiger partial charge on any atom is -0.481 e. The van der Waals surface area contributed by atoms with Crippen LogP contribution < -0.4 is 0 Å². The fraction of sp³-hybridized carbons (Fsp3) is 0.500. The zero-order valence-electron chi connectivity index (χ0n) is 12.2. The van der Waals surface area contributed by atoms with E-state index in [1.54, 1.807) is 16.7 Å². The van der Waals surface area contributed by atoms with Crippen molar-refractivity contribution in [3.8, 4) is 0 Å². The molecule has 0 saturated carbocycles. The topological polar surface area (TPSA) is 57.6 Å². The van der Waals surface area contributed by atoms with Gasteiger partial charge in [0.15, 0.2) is 0 Å². The van der Waals surface area contributed by atoms with E-state index in [0.29, 0.717) is 18.8 Å². The number of carbonyl (C=O) groups is 2. The summed E-state index contributed by atoms with van der Waals surface area (Å²) in [5.74, 6) is 0.232. The quantitative estimate of drug-likeness (QED) is 0.818. The molecule has 2 atom stereocenters. The highest BCUT2D eigenvalue weighted by molar-refractivity contribution is 7.99. The molecule has 0 bridgehead atoms. The molecule has 2 unspecified atom stereocenters. The third kappa shape index (κ3) is 4.49. The minimum atomic E-state index is -0.797. The van der Waals surface area contributed by atoms with Crippen LogP contribution in [0.5, 0.6) is 0 Å². The Morgan fingerprint density at radius 1 is 1.29 bits per heavy atom. The van der Waals surface area contributed by atoms with Crippen LogP contribution in [-0.2, 0) is 16.0 Å². The average molecular weight is 307 g/mol. The molecule has 1 fully saturated rings. The van der Waals surface area contributed by atoms with Crippen molar-refractivity contribution in [2.24, 2.45) is 11.8 Å². The number of carboxylic acids is 1. The van der Waals surface area contributed by atoms with Crippen molar-refractivity contribution in [2.45, 2.75) is 13.3 Å². The van der Waals surface area contributed by atoms with E-state index in [0.717, 1.165) is 12.2 Å². The van der Waals surface area contributed by atoms with Gasteiger partial charge in [0.25, 0.3) is 0 Å². The molecule has 4 nitrogen and oxygen atoms in total. The number of aliphatic carboxylic acids is 1. The lowest BCUT2D eigenvalue weighted by atomic mass is 9.99. The fourth-order valence-electron chi connectivity index (χ4n) is 2.58. The molecule has 1 amide bonds. The summed E-state index contributed by atoms with van der Waals surface area (Å²) in [6, 6.07) is 10.2. The van der Waals surface area contributed by atoms with Gasteiger partial charge in [0.1, 0.15) is 0 Å². The monoisotopic (exact) mass is 307 g/mol. The van der Waals surface area contributed by atoms with E-state index in [-0.39, 0.29) is 11.8 Å². The second-order valence-corrected chi connectivity index (χ2v) is 6.61. The zero-order valence-corrected chi connectivity index (χ0v) is 13.0. The number of amides is 1. The molecule has 0 aliphatic carbocycles. The van der Waals surface area contributed by atoms with E-state index in [9.17, 15) is 9.59 Å². The van der Waals surface area contributed by atoms with E-state index in [4.69, 9.17) is 5.11 Å². The Morgan fingerprint density at radius 2 is 2.00 bits per heavy atom. The SMILES string of the molecule is CC1CN(C(=O)CSCCc2ccccc2)CC1C(=O)O. The van der Waals surface area contributed by atoms with Gasteiger partial charge in [-0.15, -0.1) is 0 Å². The third-order valence-corrected chi connectivity index (χ3v) is 4.83. The summed E-state index contributed by atoms with van der Waals surface area (Å²) in [6.07, 6.45) is 0.951. The molecule has 1 aromatic rings. The van der Waals surface area contributed by atoms with Crippen LogP contribution in [0.15, 0.2) is 30.3 Å². The highest BCUT2D eigenvalue weighted by atomic mass is 32.2. The van der Waals surface area contributed by atoms with Gasteiger partial charge >= 0.3 is 5.97 Å². The Hall–Kier alpha value is -1.49. The maximum absolute atomic E-state index is 12.1. The lowest BCUT2D eigenvalue weighted by Crippen LogP contribution is -2.31. The predicted molar refractivity (Wildman–Crippen MR) is 84.3 cm³/mol. The number of likely N-dealkylation sites (tertiary alicyclic amines) is 1. The molecule has 2 rings (SSSR count). The summed E-state index contributed by atoms with van der Waals surface area (Å²) in [7, 11) is 0. The highest BCUT2D eigenvalue weighted by Gasteiger charge is 2.36. The van der Waals surface area contributed by atoms with Gasteiger partial charge in [-0.05, 0) is 23.7 Å². The van der Waals surface area contributed by atoms with E-state index in [1.807, 2.05) is 25.1 Å². The number of hydrogen-bond donors (Lipinski definition) is 1. The highest BCUT2D eigenvalue weighted by Crippen LogP contribution is 2.23. The molecular weight excluding hydrogens is 286 g/mol. The number of carbonyl (C=O) groups excluding carboxylic acids is 1. The molecule has 1 aromatic carbocycles. The van der Waals surface area contributed by atoms with Crippen LogP contribution in [-0.4, -0.2) is 46.5 Å². The van der Waals surface area contributed by atoms with Crippen molar-refractivity contribution in [1.29, 1.82) is 0 Å². The molecule has 114 valence electrons. The molecule has 1 N–H and O–H groups in total. The maximum Gasteiger partial charge on any atom is 0.308 e. The fourth-order valence-corrected chi connectivity index (χ4v) is 3.46. The Kier molecular flexibility index (Phi) is 5.67. The van der Waals surface area contributed by atoms with Crippen molar-refractivity contribution in [3.63, 3.8) is 0 Å². The van der Waals surface area contributed by atoms with Gasteiger partial charge in [-0.3, -0.25) is 9.59 Å². The predicted octanol–water partition coefficient (Wildman–Crippen LogP) is 2.14. The van der Waals surface area contributed by atoms with E-state index in [1.165, 1.54) is 5.56 Å². The van der Waals surface area contributed by atoms with Crippen LogP contribution in [0.1, 0.15) is 12.5 Å². The maximum atomic E-state index is 12.1. The van der Waals surface area contributed by atoms with Gasteiger partial charge in [0, 0.05) is 13.1 Å².